The minimum Gasteiger partial charge on any atom is -0.479 e. The number of fused-ring (bicyclic) bond motifs is 1. The number of carbonyl (C=O) groups is 1. The van der Waals surface area contributed by atoms with Crippen LogP contribution in [0.5, 0.6) is 5.75 Å². The number of benzene rings is 1. The van der Waals surface area contributed by atoms with Gasteiger partial charge in [0.2, 0.25) is 0 Å². The zero-order valence-electron chi connectivity index (χ0n) is 10.9. The molecule has 2 unspecified atom stereocenters. The van der Waals surface area contributed by atoms with E-state index in [9.17, 15) is 4.79 Å². The van der Waals surface area contributed by atoms with Crippen molar-refractivity contribution in [2.24, 2.45) is 0 Å². The van der Waals surface area contributed by atoms with Gasteiger partial charge in [0, 0.05) is 18.8 Å². The Balaban J connectivity index is 1.67. The number of anilines is 2. The molecule has 1 saturated heterocycles. The Hall–Kier alpha value is -1.75. The first-order chi connectivity index (χ1) is 9.22. The van der Waals surface area contributed by atoms with E-state index < -0.39 is 6.10 Å². The lowest BCUT2D eigenvalue weighted by atomic mass is 10.2. The fraction of sp³-hybridized carbons (Fsp3) is 0.500. The van der Waals surface area contributed by atoms with E-state index in [-0.39, 0.29) is 5.91 Å². The van der Waals surface area contributed by atoms with E-state index in [0.29, 0.717) is 6.10 Å². The smallest absolute Gasteiger partial charge is 0.265 e. The Bertz CT molecular complexity index is 484. The molecule has 1 aromatic carbocycles. The largest absolute Gasteiger partial charge is 0.479 e. The molecule has 1 aromatic rings. The Morgan fingerprint density at radius 2 is 2.37 bits per heavy atom. The number of rotatable bonds is 3. The maximum absolute atomic E-state index is 11.6. The first-order valence-corrected chi connectivity index (χ1v) is 6.69. The second-order valence-electron chi connectivity index (χ2n) is 4.98. The van der Waals surface area contributed by atoms with Crippen LogP contribution in [-0.2, 0) is 9.53 Å². The topological polar surface area (TPSA) is 59.6 Å². The van der Waals surface area contributed by atoms with E-state index in [1.54, 1.807) is 6.92 Å². The fourth-order valence-corrected chi connectivity index (χ4v) is 2.36. The van der Waals surface area contributed by atoms with E-state index >= 15 is 0 Å². The van der Waals surface area contributed by atoms with Crippen LogP contribution in [0.4, 0.5) is 11.4 Å². The quantitative estimate of drug-likeness (QED) is 0.874. The molecule has 5 nitrogen and oxygen atoms in total. The fourth-order valence-electron chi connectivity index (χ4n) is 2.36. The molecular formula is C14H18N2O3. The van der Waals surface area contributed by atoms with Crippen LogP contribution < -0.4 is 15.4 Å². The van der Waals surface area contributed by atoms with Crippen molar-refractivity contribution in [1.82, 2.24) is 0 Å². The highest BCUT2D eigenvalue weighted by Crippen LogP contribution is 2.32. The van der Waals surface area contributed by atoms with Crippen LogP contribution in [0, 0.1) is 0 Å². The molecule has 0 aromatic heterocycles. The van der Waals surface area contributed by atoms with Crippen molar-refractivity contribution >= 4 is 17.3 Å². The minimum atomic E-state index is -0.432. The number of hydrogen-bond donors (Lipinski definition) is 2. The maximum Gasteiger partial charge on any atom is 0.265 e. The second-order valence-corrected chi connectivity index (χ2v) is 4.98. The van der Waals surface area contributed by atoms with Gasteiger partial charge in [0.25, 0.3) is 5.91 Å². The summed E-state index contributed by atoms with van der Waals surface area (Å²) in [6.07, 6.45) is 2.10. The summed E-state index contributed by atoms with van der Waals surface area (Å²) >= 11 is 0. The molecule has 102 valence electrons. The third kappa shape index (κ3) is 2.66. The van der Waals surface area contributed by atoms with Gasteiger partial charge in [0.15, 0.2) is 6.10 Å². The average Bonchev–Trinajstić information content (AvgIpc) is 2.91. The lowest BCUT2D eigenvalue weighted by Crippen LogP contribution is -2.34. The third-order valence-electron chi connectivity index (χ3n) is 3.47. The second kappa shape index (κ2) is 5.09. The normalized spacial score (nSPS) is 25.4. The molecule has 0 aliphatic carbocycles. The van der Waals surface area contributed by atoms with Gasteiger partial charge in [-0.3, -0.25) is 4.79 Å². The van der Waals surface area contributed by atoms with Gasteiger partial charge in [0.05, 0.1) is 11.8 Å². The van der Waals surface area contributed by atoms with Crippen LogP contribution in [0.1, 0.15) is 19.8 Å². The monoisotopic (exact) mass is 262 g/mol. The molecule has 0 saturated carbocycles. The van der Waals surface area contributed by atoms with Crippen LogP contribution in [0.2, 0.25) is 0 Å². The van der Waals surface area contributed by atoms with Gasteiger partial charge >= 0.3 is 0 Å². The van der Waals surface area contributed by atoms with Crippen LogP contribution in [0.3, 0.4) is 0 Å². The molecule has 0 radical (unpaired) electrons. The summed E-state index contributed by atoms with van der Waals surface area (Å²) in [5, 5.41) is 6.17. The van der Waals surface area contributed by atoms with Crippen molar-refractivity contribution in [2.75, 3.05) is 23.8 Å². The van der Waals surface area contributed by atoms with Crippen molar-refractivity contribution in [3.63, 3.8) is 0 Å². The third-order valence-corrected chi connectivity index (χ3v) is 3.47. The van der Waals surface area contributed by atoms with E-state index in [4.69, 9.17) is 9.47 Å². The molecule has 1 fully saturated rings. The van der Waals surface area contributed by atoms with Gasteiger partial charge in [0.1, 0.15) is 5.75 Å². The molecule has 0 spiro atoms. The van der Waals surface area contributed by atoms with E-state index in [0.717, 1.165) is 43.1 Å². The summed E-state index contributed by atoms with van der Waals surface area (Å²) in [5.41, 5.74) is 1.69. The predicted molar refractivity (Wildman–Crippen MR) is 72.6 cm³/mol. The summed E-state index contributed by atoms with van der Waals surface area (Å²) in [4.78, 5) is 11.6. The molecule has 3 rings (SSSR count). The summed E-state index contributed by atoms with van der Waals surface area (Å²) in [7, 11) is 0. The van der Waals surface area contributed by atoms with Crippen LogP contribution in [-0.4, -0.2) is 31.3 Å². The first-order valence-electron chi connectivity index (χ1n) is 6.69. The SMILES string of the molecule is CC1Oc2ccc(NCC3CCCO3)cc2NC1=O. The van der Waals surface area contributed by atoms with Gasteiger partial charge in [-0.15, -0.1) is 0 Å². The van der Waals surface area contributed by atoms with Crippen LogP contribution in [0.25, 0.3) is 0 Å². The molecule has 2 heterocycles. The Morgan fingerprint density at radius 1 is 1.47 bits per heavy atom. The summed E-state index contributed by atoms with van der Waals surface area (Å²) in [5.74, 6) is 0.610. The molecule has 2 aliphatic heterocycles. The standard InChI is InChI=1S/C14H18N2O3/c1-9-14(17)16-12-7-10(4-5-13(12)19-9)15-8-11-3-2-6-18-11/h4-5,7,9,11,15H,2-3,6,8H2,1H3,(H,16,17). The molecular weight excluding hydrogens is 244 g/mol. The number of ether oxygens (including phenoxy) is 2. The highest BCUT2D eigenvalue weighted by atomic mass is 16.5. The Kier molecular flexibility index (Phi) is 3.29. The van der Waals surface area contributed by atoms with Crippen molar-refractivity contribution < 1.29 is 14.3 Å². The average molecular weight is 262 g/mol. The zero-order chi connectivity index (χ0) is 13.2. The first kappa shape index (κ1) is 12.3. The lowest BCUT2D eigenvalue weighted by molar-refractivity contribution is -0.122. The van der Waals surface area contributed by atoms with Crippen molar-refractivity contribution in [1.29, 1.82) is 0 Å². The van der Waals surface area contributed by atoms with Gasteiger partial charge < -0.3 is 20.1 Å². The van der Waals surface area contributed by atoms with Crippen molar-refractivity contribution in [2.45, 2.75) is 32.0 Å². The van der Waals surface area contributed by atoms with Crippen molar-refractivity contribution in [3.05, 3.63) is 18.2 Å². The van der Waals surface area contributed by atoms with Gasteiger partial charge in [-0.1, -0.05) is 0 Å². The summed E-state index contributed by atoms with van der Waals surface area (Å²) in [6.45, 7) is 3.39. The maximum atomic E-state index is 11.6. The molecule has 2 aliphatic rings. The minimum absolute atomic E-state index is 0.108. The molecule has 1 amide bonds. The van der Waals surface area contributed by atoms with Crippen LogP contribution in [0.15, 0.2) is 18.2 Å². The predicted octanol–water partition coefficient (Wildman–Crippen LogP) is 2.00. The molecule has 2 N–H and O–H groups in total. The van der Waals surface area contributed by atoms with E-state index in [2.05, 4.69) is 10.6 Å². The molecule has 0 bridgehead atoms. The van der Waals surface area contributed by atoms with Crippen molar-refractivity contribution in [3.8, 4) is 5.75 Å². The highest BCUT2D eigenvalue weighted by Gasteiger charge is 2.23. The molecule has 19 heavy (non-hydrogen) atoms. The lowest BCUT2D eigenvalue weighted by Gasteiger charge is -2.24. The number of carbonyl (C=O) groups excluding carboxylic acids is 1. The Morgan fingerprint density at radius 3 is 3.16 bits per heavy atom. The highest BCUT2D eigenvalue weighted by molar-refractivity contribution is 5.98. The van der Waals surface area contributed by atoms with E-state index in [1.165, 1.54) is 0 Å². The number of hydrogen-bond acceptors (Lipinski definition) is 4. The van der Waals surface area contributed by atoms with Crippen LogP contribution >= 0.6 is 0 Å². The van der Waals surface area contributed by atoms with Gasteiger partial charge in [-0.25, -0.2) is 0 Å². The zero-order valence-corrected chi connectivity index (χ0v) is 10.9. The molecule has 5 heteroatoms. The number of amides is 1. The Labute approximate surface area is 112 Å². The summed E-state index contributed by atoms with van der Waals surface area (Å²) in [6, 6.07) is 5.73. The summed E-state index contributed by atoms with van der Waals surface area (Å²) < 4.78 is 11.1. The van der Waals surface area contributed by atoms with E-state index in [1.807, 2.05) is 18.2 Å². The van der Waals surface area contributed by atoms with Gasteiger partial charge in [-0.2, -0.15) is 0 Å². The molecule has 2 atom stereocenters. The number of nitrogens with one attached hydrogen (secondary N) is 2. The van der Waals surface area contributed by atoms with Gasteiger partial charge in [-0.05, 0) is 38.0 Å².